The number of hydrogen-bond acceptors (Lipinski definition) is 2. The summed E-state index contributed by atoms with van der Waals surface area (Å²) in [5, 5.41) is 12.3. The summed E-state index contributed by atoms with van der Waals surface area (Å²) in [4.78, 5) is 0. The van der Waals surface area contributed by atoms with Gasteiger partial charge >= 0.3 is 0 Å². The number of rotatable bonds is 4. The van der Waals surface area contributed by atoms with Crippen LogP contribution in [0.15, 0.2) is 48.5 Å². The van der Waals surface area contributed by atoms with Crippen molar-refractivity contribution in [2.45, 2.75) is 19.4 Å². The molecular weight excluding hydrogens is 239 g/mol. The van der Waals surface area contributed by atoms with E-state index in [0.717, 1.165) is 12.1 Å². The van der Waals surface area contributed by atoms with E-state index < -0.39 is 0 Å². The van der Waals surface area contributed by atoms with E-state index in [1.54, 1.807) is 18.2 Å². The summed E-state index contributed by atoms with van der Waals surface area (Å²) < 4.78 is 13.8. The zero-order valence-corrected chi connectivity index (χ0v) is 10.7. The van der Waals surface area contributed by atoms with Gasteiger partial charge in [0, 0.05) is 5.56 Å². The van der Waals surface area contributed by atoms with E-state index in [1.165, 1.54) is 6.07 Å². The molecule has 0 aliphatic rings. The van der Waals surface area contributed by atoms with Crippen molar-refractivity contribution < 1.29 is 4.39 Å². The molecule has 2 nitrogen and oxygen atoms in total. The third-order valence-electron chi connectivity index (χ3n) is 3.07. The van der Waals surface area contributed by atoms with Crippen molar-refractivity contribution in [2.24, 2.45) is 0 Å². The van der Waals surface area contributed by atoms with Gasteiger partial charge in [0.05, 0.1) is 17.3 Å². The van der Waals surface area contributed by atoms with Gasteiger partial charge in [0.2, 0.25) is 0 Å². The number of hydrogen-bond donors (Lipinski definition) is 1. The van der Waals surface area contributed by atoms with E-state index in [4.69, 9.17) is 5.26 Å². The minimum absolute atomic E-state index is 0.143. The Morgan fingerprint density at radius 3 is 2.53 bits per heavy atom. The molecule has 0 bridgehead atoms. The molecule has 2 aromatic rings. The van der Waals surface area contributed by atoms with Gasteiger partial charge in [0.25, 0.3) is 0 Å². The topological polar surface area (TPSA) is 35.8 Å². The summed E-state index contributed by atoms with van der Waals surface area (Å²) in [6.07, 6.45) is 0.737. The van der Waals surface area contributed by atoms with E-state index >= 15 is 0 Å². The average molecular weight is 254 g/mol. The molecule has 1 atom stereocenters. The molecule has 0 aliphatic heterocycles. The molecule has 0 fully saturated rings. The highest BCUT2D eigenvalue weighted by Crippen LogP contribution is 2.26. The number of benzene rings is 2. The SMILES string of the molecule is CCC(Nc1ccccc1C#N)c1ccccc1F. The molecule has 0 saturated heterocycles. The average Bonchev–Trinajstić information content (AvgIpc) is 2.46. The largest absolute Gasteiger partial charge is 0.377 e. The molecule has 1 N–H and O–H groups in total. The number of nitriles is 1. The standard InChI is InChI=1S/C16H15FN2/c1-2-15(13-8-4-5-9-14(13)17)19-16-10-6-3-7-12(16)11-18/h3-10,15,19H,2H2,1H3. The Morgan fingerprint density at radius 2 is 1.84 bits per heavy atom. The van der Waals surface area contributed by atoms with Gasteiger partial charge in [0.15, 0.2) is 0 Å². The second-order valence-corrected chi connectivity index (χ2v) is 4.28. The highest BCUT2D eigenvalue weighted by Gasteiger charge is 2.14. The van der Waals surface area contributed by atoms with Gasteiger partial charge in [-0.25, -0.2) is 4.39 Å². The van der Waals surface area contributed by atoms with Crippen molar-refractivity contribution in [2.75, 3.05) is 5.32 Å². The summed E-state index contributed by atoms with van der Waals surface area (Å²) in [6, 6.07) is 16.0. The van der Waals surface area contributed by atoms with E-state index in [1.807, 2.05) is 31.2 Å². The first-order chi connectivity index (χ1) is 9.26. The van der Waals surface area contributed by atoms with Crippen LogP contribution in [0.1, 0.15) is 30.5 Å². The smallest absolute Gasteiger partial charge is 0.128 e. The van der Waals surface area contributed by atoms with Crippen LogP contribution in [0.2, 0.25) is 0 Å². The van der Waals surface area contributed by atoms with E-state index in [9.17, 15) is 4.39 Å². The predicted octanol–water partition coefficient (Wildman–Crippen LogP) is 4.26. The second-order valence-electron chi connectivity index (χ2n) is 4.28. The van der Waals surface area contributed by atoms with Gasteiger partial charge < -0.3 is 5.32 Å². The Kier molecular flexibility index (Phi) is 4.15. The van der Waals surface area contributed by atoms with E-state index in [0.29, 0.717) is 11.1 Å². The van der Waals surface area contributed by atoms with Crippen LogP contribution in [0.3, 0.4) is 0 Å². The Hall–Kier alpha value is -2.34. The third-order valence-corrected chi connectivity index (χ3v) is 3.07. The summed E-state index contributed by atoms with van der Waals surface area (Å²) in [6.45, 7) is 1.99. The normalized spacial score (nSPS) is 11.6. The Labute approximate surface area is 112 Å². The molecule has 96 valence electrons. The van der Waals surface area contributed by atoms with Crippen LogP contribution >= 0.6 is 0 Å². The fourth-order valence-electron chi connectivity index (χ4n) is 2.05. The molecule has 1 unspecified atom stereocenters. The van der Waals surface area contributed by atoms with Gasteiger partial charge in [-0.05, 0) is 24.6 Å². The van der Waals surface area contributed by atoms with E-state index in [-0.39, 0.29) is 11.9 Å². The maximum absolute atomic E-state index is 13.8. The monoisotopic (exact) mass is 254 g/mol. The third kappa shape index (κ3) is 2.92. The predicted molar refractivity (Wildman–Crippen MR) is 74.2 cm³/mol. The lowest BCUT2D eigenvalue weighted by Gasteiger charge is -2.20. The van der Waals surface area contributed by atoms with Crippen LogP contribution in [0.5, 0.6) is 0 Å². The number of nitrogens with one attached hydrogen (secondary N) is 1. The van der Waals surface area contributed by atoms with Crippen LogP contribution in [0.25, 0.3) is 0 Å². The van der Waals surface area contributed by atoms with Gasteiger partial charge in [-0.1, -0.05) is 37.3 Å². The van der Waals surface area contributed by atoms with Crippen molar-refractivity contribution in [3.8, 4) is 6.07 Å². The summed E-state index contributed by atoms with van der Waals surface area (Å²) in [7, 11) is 0. The molecule has 0 aliphatic carbocycles. The molecular formula is C16H15FN2. The second kappa shape index (κ2) is 6.01. The molecule has 0 radical (unpaired) electrons. The zero-order valence-electron chi connectivity index (χ0n) is 10.7. The van der Waals surface area contributed by atoms with Gasteiger partial charge in [-0.15, -0.1) is 0 Å². The quantitative estimate of drug-likeness (QED) is 0.884. The minimum Gasteiger partial charge on any atom is -0.377 e. The first-order valence-corrected chi connectivity index (χ1v) is 6.26. The van der Waals surface area contributed by atoms with Crippen LogP contribution in [0.4, 0.5) is 10.1 Å². The van der Waals surface area contributed by atoms with Crippen LogP contribution < -0.4 is 5.32 Å². The summed E-state index contributed by atoms with van der Waals surface area (Å²) >= 11 is 0. The number of halogens is 1. The Morgan fingerprint density at radius 1 is 1.16 bits per heavy atom. The maximum Gasteiger partial charge on any atom is 0.128 e. The van der Waals surface area contributed by atoms with Gasteiger partial charge in [-0.3, -0.25) is 0 Å². The molecule has 0 heterocycles. The first-order valence-electron chi connectivity index (χ1n) is 6.26. The van der Waals surface area contributed by atoms with Crippen molar-refractivity contribution in [1.29, 1.82) is 5.26 Å². The number of anilines is 1. The van der Waals surface area contributed by atoms with E-state index in [2.05, 4.69) is 11.4 Å². The maximum atomic E-state index is 13.8. The highest BCUT2D eigenvalue weighted by molar-refractivity contribution is 5.58. The summed E-state index contributed by atoms with van der Waals surface area (Å²) in [5.41, 5.74) is 1.93. The van der Waals surface area contributed by atoms with Crippen molar-refractivity contribution in [3.05, 3.63) is 65.5 Å². The Bertz CT molecular complexity index is 602. The fraction of sp³-hybridized carbons (Fsp3) is 0.188. The van der Waals surface area contributed by atoms with Gasteiger partial charge in [0.1, 0.15) is 11.9 Å². The van der Waals surface area contributed by atoms with Crippen molar-refractivity contribution in [3.63, 3.8) is 0 Å². The molecule has 19 heavy (non-hydrogen) atoms. The van der Waals surface area contributed by atoms with Gasteiger partial charge in [-0.2, -0.15) is 5.26 Å². The fourth-order valence-corrected chi connectivity index (χ4v) is 2.05. The van der Waals surface area contributed by atoms with Crippen LogP contribution in [0, 0.1) is 17.1 Å². The molecule has 2 rings (SSSR count). The Balaban J connectivity index is 2.30. The number of nitrogens with zero attached hydrogens (tertiary/aromatic N) is 1. The van der Waals surface area contributed by atoms with Crippen molar-refractivity contribution >= 4 is 5.69 Å². The molecule has 0 spiro atoms. The van der Waals surface area contributed by atoms with Crippen LogP contribution in [-0.2, 0) is 0 Å². The van der Waals surface area contributed by atoms with Crippen molar-refractivity contribution in [1.82, 2.24) is 0 Å². The summed E-state index contributed by atoms with van der Waals surface area (Å²) in [5.74, 6) is -0.226. The molecule has 2 aromatic carbocycles. The minimum atomic E-state index is -0.226. The lowest BCUT2D eigenvalue weighted by Crippen LogP contribution is -2.12. The number of para-hydroxylation sites is 1. The zero-order chi connectivity index (χ0) is 13.7. The molecule has 0 amide bonds. The molecule has 3 heteroatoms. The molecule has 0 saturated carbocycles. The lowest BCUT2D eigenvalue weighted by molar-refractivity contribution is 0.587. The highest BCUT2D eigenvalue weighted by atomic mass is 19.1. The van der Waals surface area contributed by atoms with Crippen LogP contribution in [-0.4, -0.2) is 0 Å². The first kappa shape index (κ1) is 13.1. The lowest BCUT2D eigenvalue weighted by atomic mass is 10.0. The molecule has 0 aromatic heterocycles.